The van der Waals surface area contributed by atoms with Gasteiger partial charge in [-0.25, -0.2) is 9.97 Å². The third-order valence-corrected chi connectivity index (χ3v) is 3.86. The topological polar surface area (TPSA) is 90.7 Å². The van der Waals surface area contributed by atoms with E-state index in [1.807, 2.05) is 6.07 Å². The molecule has 0 aliphatic rings. The Balaban J connectivity index is 1.90. The summed E-state index contributed by atoms with van der Waals surface area (Å²) in [5.74, 6) is -0.772. The number of nitriles is 1. The van der Waals surface area contributed by atoms with Gasteiger partial charge >= 0.3 is 6.18 Å². The average Bonchev–Trinajstić information content (AvgIpc) is 2.67. The maximum absolute atomic E-state index is 13.2. The van der Waals surface area contributed by atoms with Crippen molar-refractivity contribution in [3.63, 3.8) is 0 Å². The smallest absolute Gasteiger partial charge is 0.324 e. The number of para-hydroxylation sites is 2. The minimum absolute atomic E-state index is 0.0581. The number of amides is 1. The third kappa shape index (κ3) is 4.68. The molecule has 2 N–H and O–H groups in total. The summed E-state index contributed by atoms with van der Waals surface area (Å²) in [6.45, 7) is 1.59. The van der Waals surface area contributed by atoms with Crippen LogP contribution in [0.4, 0.5) is 30.5 Å². The summed E-state index contributed by atoms with van der Waals surface area (Å²) in [4.78, 5) is 20.6. The number of carbonyl (C=O) groups excluding carboxylic acids is 1. The number of hydrogen-bond acceptors (Lipinski definition) is 5. The maximum Gasteiger partial charge on any atom is 0.418 e. The highest BCUT2D eigenvalue weighted by molar-refractivity contribution is 6.03. The maximum atomic E-state index is 13.2. The molecule has 1 aromatic heterocycles. The van der Waals surface area contributed by atoms with Crippen LogP contribution < -0.4 is 10.6 Å². The molecule has 3 aromatic rings. The predicted molar refractivity (Wildman–Crippen MR) is 101 cm³/mol. The highest BCUT2D eigenvalue weighted by atomic mass is 19.4. The number of rotatable bonds is 4. The van der Waals surface area contributed by atoms with E-state index in [1.54, 1.807) is 31.2 Å². The van der Waals surface area contributed by atoms with Gasteiger partial charge in [0.05, 0.1) is 22.5 Å². The van der Waals surface area contributed by atoms with Gasteiger partial charge in [0.25, 0.3) is 5.91 Å². The molecule has 6 nitrogen and oxygen atoms in total. The van der Waals surface area contributed by atoms with Crippen molar-refractivity contribution in [1.82, 2.24) is 9.97 Å². The van der Waals surface area contributed by atoms with Crippen molar-refractivity contribution in [1.29, 1.82) is 5.26 Å². The fourth-order valence-corrected chi connectivity index (χ4v) is 2.58. The molecular weight excluding hydrogens is 383 g/mol. The molecule has 2 aromatic carbocycles. The first-order chi connectivity index (χ1) is 13.8. The number of carbonyl (C=O) groups is 1. The van der Waals surface area contributed by atoms with E-state index in [0.29, 0.717) is 11.4 Å². The number of nitrogens with one attached hydrogen (secondary N) is 2. The van der Waals surface area contributed by atoms with Gasteiger partial charge < -0.3 is 10.6 Å². The zero-order valence-electron chi connectivity index (χ0n) is 15.1. The van der Waals surface area contributed by atoms with Gasteiger partial charge in [0.2, 0.25) is 5.95 Å². The summed E-state index contributed by atoms with van der Waals surface area (Å²) >= 11 is 0. The van der Waals surface area contributed by atoms with E-state index in [0.717, 1.165) is 6.07 Å². The molecule has 0 fully saturated rings. The van der Waals surface area contributed by atoms with Crippen LogP contribution in [0.3, 0.4) is 0 Å². The lowest BCUT2D eigenvalue weighted by molar-refractivity contribution is -0.136. The molecule has 0 saturated heterocycles. The van der Waals surface area contributed by atoms with Crippen LogP contribution in [-0.2, 0) is 6.18 Å². The third-order valence-electron chi connectivity index (χ3n) is 3.86. The summed E-state index contributed by atoms with van der Waals surface area (Å²) in [5.41, 5.74) is -0.217. The van der Waals surface area contributed by atoms with Gasteiger partial charge in [-0.2, -0.15) is 18.4 Å². The van der Waals surface area contributed by atoms with Crippen molar-refractivity contribution in [2.24, 2.45) is 0 Å². The Hall–Kier alpha value is -3.93. The van der Waals surface area contributed by atoms with Crippen molar-refractivity contribution < 1.29 is 18.0 Å². The zero-order chi connectivity index (χ0) is 21.0. The number of aromatic nitrogens is 2. The van der Waals surface area contributed by atoms with Crippen LogP contribution >= 0.6 is 0 Å². The van der Waals surface area contributed by atoms with Crippen LogP contribution in [-0.4, -0.2) is 15.9 Å². The molecule has 0 saturated carbocycles. The number of nitrogens with zero attached hydrogens (tertiary/aromatic N) is 3. The molecule has 1 amide bonds. The van der Waals surface area contributed by atoms with E-state index in [2.05, 4.69) is 20.6 Å². The van der Waals surface area contributed by atoms with Crippen molar-refractivity contribution in [2.75, 3.05) is 10.6 Å². The van der Waals surface area contributed by atoms with E-state index in [-0.39, 0.29) is 22.9 Å². The lowest BCUT2D eigenvalue weighted by atomic mass is 10.1. The van der Waals surface area contributed by atoms with E-state index in [4.69, 9.17) is 5.26 Å². The number of hydrogen-bond donors (Lipinski definition) is 2. The number of halogens is 3. The average molecular weight is 397 g/mol. The standard InChI is InChI=1S/C20H14F3N5O/c1-12-10-17(18(29)26-15-8-4-2-6-13(15)11-24)28-19(25-12)27-16-9-5-3-7-14(16)20(21,22)23/h2-10H,1H3,(H,26,29)(H,25,27,28). The van der Waals surface area contributed by atoms with Crippen molar-refractivity contribution in [3.8, 4) is 6.07 Å². The SMILES string of the molecule is Cc1cc(C(=O)Nc2ccccc2C#N)nc(Nc2ccccc2C(F)(F)F)n1. The molecule has 29 heavy (non-hydrogen) atoms. The molecule has 0 spiro atoms. The molecule has 9 heteroatoms. The summed E-state index contributed by atoms with van der Waals surface area (Å²) in [5, 5.41) is 14.2. The van der Waals surface area contributed by atoms with Gasteiger partial charge in [-0.3, -0.25) is 4.79 Å². The van der Waals surface area contributed by atoms with E-state index >= 15 is 0 Å². The molecule has 0 bridgehead atoms. The quantitative estimate of drug-likeness (QED) is 0.668. The molecule has 0 radical (unpaired) electrons. The number of anilines is 3. The second-order valence-corrected chi connectivity index (χ2v) is 6.00. The van der Waals surface area contributed by atoms with Crippen molar-refractivity contribution in [3.05, 3.63) is 77.1 Å². The summed E-state index contributed by atoms with van der Waals surface area (Å²) in [6.07, 6.45) is -4.56. The summed E-state index contributed by atoms with van der Waals surface area (Å²) in [7, 11) is 0. The largest absolute Gasteiger partial charge is 0.418 e. The van der Waals surface area contributed by atoms with E-state index < -0.39 is 17.6 Å². The number of alkyl halides is 3. The second-order valence-electron chi connectivity index (χ2n) is 6.00. The van der Waals surface area contributed by atoms with Crippen LogP contribution in [0.1, 0.15) is 27.3 Å². The van der Waals surface area contributed by atoms with Crippen molar-refractivity contribution in [2.45, 2.75) is 13.1 Å². The highest BCUT2D eigenvalue weighted by Gasteiger charge is 2.33. The first-order valence-corrected chi connectivity index (χ1v) is 8.37. The Morgan fingerprint density at radius 2 is 1.69 bits per heavy atom. The molecule has 0 atom stereocenters. The fourth-order valence-electron chi connectivity index (χ4n) is 2.58. The normalized spacial score (nSPS) is 10.9. The predicted octanol–water partition coefficient (Wildman–Crippen LogP) is 4.67. The lowest BCUT2D eigenvalue weighted by Crippen LogP contribution is -2.16. The van der Waals surface area contributed by atoms with Gasteiger partial charge in [-0.15, -0.1) is 0 Å². The summed E-state index contributed by atoms with van der Waals surface area (Å²) in [6, 6.07) is 14.7. The lowest BCUT2D eigenvalue weighted by Gasteiger charge is -2.14. The minimum Gasteiger partial charge on any atom is -0.324 e. The molecule has 146 valence electrons. The van der Waals surface area contributed by atoms with Gasteiger partial charge in [0, 0.05) is 5.69 Å². The number of aryl methyl sites for hydroxylation is 1. The molecular formula is C20H14F3N5O. The van der Waals surface area contributed by atoms with Gasteiger partial charge in [0.1, 0.15) is 11.8 Å². The first-order valence-electron chi connectivity index (χ1n) is 8.37. The van der Waals surface area contributed by atoms with Crippen molar-refractivity contribution >= 4 is 23.2 Å². The molecule has 0 aliphatic carbocycles. The van der Waals surface area contributed by atoms with Gasteiger partial charge in [-0.1, -0.05) is 24.3 Å². The minimum atomic E-state index is -4.56. The second kappa shape index (κ2) is 7.98. The monoisotopic (exact) mass is 397 g/mol. The van der Waals surface area contributed by atoms with Crippen LogP contribution in [0.15, 0.2) is 54.6 Å². The Morgan fingerprint density at radius 1 is 1.03 bits per heavy atom. The first kappa shape index (κ1) is 19.8. The van der Waals surface area contributed by atoms with Crippen LogP contribution in [0.2, 0.25) is 0 Å². The molecule has 3 rings (SSSR count). The summed E-state index contributed by atoms with van der Waals surface area (Å²) < 4.78 is 39.5. The van der Waals surface area contributed by atoms with Crippen LogP contribution in [0.5, 0.6) is 0 Å². The molecule has 0 unspecified atom stereocenters. The Kier molecular flexibility index (Phi) is 5.45. The zero-order valence-corrected chi connectivity index (χ0v) is 15.1. The Bertz CT molecular complexity index is 1110. The Labute approximate surface area is 164 Å². The van der Waals surface area contributed by atoms with E-state index in [1.165, 1.54) is 24.3 Å². The highest BCUT2D eigenvalue weighted by Crippen LogP contribution is 2.35. The van der Waals surface area contributed by atoms with E-state index in [9.17, 15) is 18.0 Å². The van der Waals surface area contributed by atoms with Gasteiger partial charge in [0.15, 0.2) is 0 Å². The Morgan fingerprint density at radius 3 is 2.38 bits per heavy atom. The van der Waals surface area contributed by atoms with Crippen LogP contribution in [0, 0.1) is 18.3 Å². The molecule has 0 aliphatic heterocycles. The fraction of sp³-hybridized carbons (Fsp3) is 0.100. The molecule has 1 heterocycles. The van der Waals surface area contributed by atoms with Crippen LogP contribution in [0.25, 0.3) is 0 Å². The van der Waals surface area contributed by atoms with Gasteiger partial charge in [-0.05, 0) is 37.3 Å². The number of benzene rings is 2.